The van der Waals surface area contributed by atoms with Crippen molar-refractivity contribution in [3.8, 4) is 11.5 Å². The van der Waals surface area contributed by atoms with Crippen molar-refractivity contribution >= 4 is 17.5 Å². The monoisotopic (exact) mass is 442 g/mol. The normalized spacial score (nSPS) is 21.0. The number of nitrogens with two attached hydrogens (primary N) is 1. The van der Waals surface area contributed by atoms with E-state index < -0.39 is 0 Å². The number of methoxy groups -OCH3 is 1. The van der Waals surface area contributed by atoms with Crippen molar-refractivity contribution in [1.29, 1.82) is 0 Å². The Bertz CT molecular complexity index is 860. The molecule has 2 N–H and O–H groups in total. The Morgan fingerprint density at radius 1 is 1.19 bits per heavy atom. The van der Waals surface area contributed by atoms with Crippen molar-refractivity contribution in [2.75, 3.05) is 40.0 Å². The first-order valence-corrected chi connectivity index (χ1v) is 11.3. The zero-order valence-corrected chi connectivity index (χ0v) is 18.7. The fraction of sp³-hybridized carbons (Fsp3) is 0.565. The Hall–Kier alpha value is -2.65. The standard InChI is InChI=1S/C23H32N5O4/c1-31-20-8-6-17(14-21(20)32-18-4-2-3-5-18)19-7-9-23(30)28(25-19)16-27-12-10-26(11-13-27)15-22(24)29/h6,8,10,14,18H,2-5,7,9,11-13,15-16H2,1H3,(H2,24,29). The Balaban J connectivity index is 1.43. The molecule has 1 aromatic carbocycles. The number of hydrogen-bond donors (Lipinski definition) is 1. The van der Waals surface area contributed by atoms with E-state index in [1.54, 1.807) is 12.1 Å². The molecule has 4 rings (SSSR count). The van der Waals surface area contributed by atoms with Crippen molar-refractivity contribution in [2.24, 2.45) is 10.8 Å². The smallest absolute Gasteiger partial charge is 0.244 e. The van der Waals surface area contributed by atoms with Gasteiger partial charge >= 0.3 is 0 Å². The molecule has 2 amide bonds. The first-order valence-electron chi connectivity index (χ1n) is 11.3. The molecule has 0 atom stereocenters. The number of carbonyl (C=O) groups excluding carboxylic acids is 2. The fourth-order valence-corrected chi connectivity index (χ4v) is 4.40. The van der Waals surface area contributed by atoms with Crippen molar-refractivity contribution < 1.29 is 19.1 Å². The second kappa shape index (κ2) is 10.3. The molecule has 3 aliphatic rings. The van der Waals surface area contributed by atoms with Crippen LogP contribution in [0.25, 0.3) is 0 Å². The molecule has 0 spiro atoms. The first kappa shape index (κ1) is 22.5. The van der Waals surface area contributed by atoms with Crippen LogP contribution in [0, 0.1) is 6.54 Å². The highest BCUT2D eigenvalue weighted by atomic mass is 16.5. The number of piperazine rings is 1. The molecule has 32 heavy (non-hydrogen) atoms. The number of ether oxygens (including phenoxy) is 2. The van der Waals surface area contributed by atoms with Gasteiger partial charge in [-0.05, 0) is 43.9 Å². The molecule has 2 fully saturated rings. The third-order valence-electron chi connectivity index (χ3n) is 6.19. The van der Waals surface area contributed by atoms with Crippen LogP contribution in [0.3, 0.4) is 0 Å². The maximum absolute atomic E-state index is 12.5. The highest BCUT2D eigenvalue weighted by molar-refractivity contribution is 6.04. The molecule has 2 heterocycles. The molecule has 9 heteroatoms. The van der Waals surface area contributed by atoms with Gasteiger partial charge in [0.05, 0.1) is 32.1 Å². The summed E-state index contributed by atoms with van der Waals surface area (Å²) in [6, 6.07) is 5.87. The van der Waals surface area contributed by atoms with E-state index in [2.05, 4.69) is 10.0 Å². The molecule has 0 bridgehead atoms. The van der Waals surface area contributed by atoms with Crippen LogP contribution in [0.5, 0.6) is 11.5 Å². The number of nitrogens with zero attached hydrogens (tertiary/aromatic N) is 4. The van der Waals surface area contributed by atoms with Gasteiger partial charge < -0.3 is 15.2 Å². The van der Waals surface area contributed by atoms with Gasteiger partial charge in [-0.25, -0.2) is 5.01 Å². The summed E-state index contributed by atoms with van der Waals surface area (Å²) in [5.74, 6) is 1.13. The van der Waals surface area contributed by atoms with Crippen molar-refractivity contribution in [3.05, 3.63) is 30.3 Å². The van der Waals surface area contributed by atoms with Crippen LogP contribution < -0.4 is 15.2 Å². The lowest BCUT2D eigenvalue weighted by Gasteiger charge is -2.36. The Morgan fingerprint density at radius 2 is 2.00 bits per heavy atom. The number of primary amides is 1. The van der Waals surface area contributed by atoms with Gasteiger partial charge in [0.15, 0.2) is 11.5 Å². The minimum Gasteiger partial charge on any atom is -0.493 e. The van der Waals surface area contributed by atoms with Gasteiger partial charge in [-0.15, -0.1) is 0 Å². The van der Waals surface area contributed by atoms with E-state index in [1.807, 2.05) is 29.6 Å². The average molecular weight is 443 g/mol. The minimum absolute atomic E-state index is 0.0178. The van der Waals surface area contributed by atoms with Crippen molar-refractivity contribution in [1.82, 2.24) is 14.8 Å². The molecule has 1 saturated heterocycles. The largest absolute Gasteiger partial charge is 0.493 e. The van der Waals surface area contributed by atoms with E-state index in [9.17, 15) is 9.59 Å². The van der Waals surface area contributed by atoms with E-state index >= 15 is 0 Å². The Labute approximate surface area is 189 Å². The Kier molecular flexibility index (Phi) is 7.26. The number of hydrogen-bond acceptors (Lipinski definition) is 7. The van der Waals surface area contributed by atoms with E-state index in [0.717, 1.165) is 42.2 Å². The summed E-state index contributed by atoms with van der Waals surface area (Å²) in [5, 5.41) is 6.24. The number of amides is 2. The van der Waals surface area contributed by atoms with E-state index in [4.69, 9.17) is 15.2 Å². The van der Waals surface area contributed by atoms with E-state index in [-0.39, 0.29) is 24.5 Å². The summed E-state index contributed by atoms with van der Waals surface area (Å²) in [6.07, 6.45) is 5.80. The summed E-state index contributed by atoms with van der Waals surface area (Å²) in [6.45, 7) is 4.67. The van der Waals surface area contributed by atoms with Crippen LogP contribution in [0.15, 0.2) is 23.3 Å². The maximum Gasteiger partial charge on any atom is 0.244 e. The van der Waals surface area contributed by atoms with E-state index in [0.29, 0.717) is 32.6 Å². The lowest BCUT2D eigenvalue weighted by Crippen LogP contribution is -2.50. The number of hydrazone groups is 1. The summed E-state index contributed by atoms with van der Waals surface area (Å²) in [4.78, 5) is 27.7. The topological polar surface area (TPSA) is 101 Å². The van der Waals surface area contributed by atoms with Gasteiger partial charge in [-0.2, -0.15) is 5.10 Å². The van der Waals surface area contributed by atoms with Gasteiger partial charge in [-0.1, -0.05) is 0 Å². The third kappa shape index (κ3) is 5.58. The second-order valence-corrected chi connectivity index (χ2v) is 8.57. The van der Waals surface area contributed by atoms with Crippen molar-refractivity contribution in [2.45, 2.75) is 44.6 Å². The number of rotatable bonds is 8. The predicted molar refractivity (Wildman–Crippen MR) is 120 cm³/mol. The van der Waals surface area contributed by atoms with E-state index in [1.165, 1.54) is 12.8 Å². The summed E-state index contributed by atoms with van der Waals surface area (Å²) in [5.41, 5.74) is 7.10. The molecular weight excluding hydrogens is 410 g/mol. The van der Waals surface area contributed by atoms with Crippen LogP contribution >= 0.6 is 0 Å². The van der Waals surface area contributed by atoms with Crippen LogP contribution in [0.2, 0.25) is 0 Å². The molecule has 0 aromatic heterocycles. The van der Waals surface area contributed by atoms with Crippen LogP contribution in [-0.2, 0) is 9.59 Å². The van der Waals surface area contributed by atoms with Gasteiger partial charge in [0, 0.05) is 44.6 Å². The maximum atomic E-state index is 12.5. The highest BCUT2D eigenvalue weighted by Gasteiger charge is 2.26. The molecule has 0 unspecified atom stereocenters. The second-order valence-electron chi connectivity index (χ2n) is 8.57. The summed E-state index contributed by atoms with van der Waals surface area (Å²) >= 11 is 0. The third-order valence-corrected chi connectivity index (χ3v) is 6.19. The van der Waals surface area contributed by atoms with Crippen LogP contribution in [0.4, 0.5) is 0 Å². The molecule has 9 nitrogen and oxygen atoms in total. The zero-order valence-electron chi connectivity index (χ0n) is 18.7. The molecule has 2 aliphatic heterocycles. The Morgan fingerprint density at radius 3 is 2.69 bits per heavy atom. The lowest BCUT2D eigenvalue weighted by atomic mass is 10.0. The first-order chi connectivity index (χ1) is 15.5. The predicted octanol–water partition coefficient (Wildman–Crippen LogP) is 1.57. The van der Waals surface area contributed by atoms with Gasteiger partial charge in [0.2, 0.25) is 11.8 Å². The highest BCUT2D eigenvalue weighted by Crippen LogP contribution is 2.33. The van der Waals surface area contributed by atoms with Gasteiger partial charge in [0.1, 0.15) is 0 Å². The minimum atomic E-state index is -0.342. The average Bonchev–Trinajstić information content (AvgIpc) is 3.29. The molecule has 1 radical (unpaired) electrons. The molecule has 1 saturated carbocycles. The van der Waals surface area contributed by atoms with Crippen LogP contribution in [0.1, 0.15) is 44.1 Å². The quantitative estimate of drug-likeness (QED) is 0.656. The molecule has 173 valence electrons. The molecule has 1 aromatic rings. The molecule has 1 aliphatic carbocycles. The number of benzene rings is 1. The van der Waals surface area contributed by atoms with Gasteiger partial charge in [0.25, 0.3) is 0 Å². The van der Waals surface area contributed by atoms with Crippen LogP contribution in [-0.4, -0.2) is 78.4 Å². The van der Waals surface area contributed by atoms with Gasteiger partial charge in [-0.3, -0.25) is 19.4 Å². The molecular formula is C23H32N5O4. The summed E-state index contributed by atoms with van der Waals surface area (Å²) in [7, 11) is 1.65. The summed E-state index contributed by atoms with van der Waals surface area (Å²) < 4.78 is 11.7. The zero-order chi connectivity index (χ0) is 22.5. The SMILES string of the molecule is COc1ccc(C2=NN(CN3C[CH]N(CC(N)=O)CC3)C(=O)CC2)cc1OC1CCCC1. The lowest BCUT2D eigenvalue weighted by molar-refractivity contribution is -0.134. The number of carbonyl (C=O) groups is 2. The fourth-order valence-electron chi connectivity index (χ4n) is 4.40. The van der Waals surface area contributed by atoms with Crippen molar-refractivity contribution in [3.63, 3.8) is 0 Å².